The molecule has 19 heavy (non-hydrogen) atoms. The molecule has 1 aliphatic rings. The molecule has 1 atom stereocenters. The van der Waals surface area contributed by atoms with Crippen molar-refractivity contribution >= 4 is 5.78 Å². The van der Waals surface area contributed by atoms with Crippen LogP contribution in [0.5, 0.6) is 0 Å². The molecule has 0 saturated heterocycles. The van der Waals surface area contributed by atoms with E-state index in [0.29, 0.717) is 11.1 Å². The smallest absolute Gasteiger partial charge is 0.193 e. The zero-order valence-corrected chi connectivity index (χ0v) is 10.5. The predicted molar refractivity (Wildman–Crippen MR) is 73.9 cm³/mol. The molecular weight excluding hydrogens is 236 g/mol. The summed E-state index contributed by atoms with van der Waals surface area (Å²) >= 11 is 0. The van der Waals surface area contributed by atoms with Crippen LogP contribution in [-0.2, 0) is 4.74 Å². The SMILES string of the molecule is O=C(c1ccccc1)c1ccc(C2CC=CO2)cc1. The summed E-state index contributed by atoms with van der Waals surface area (Å²) in [6, 6.07) is 17.0. The van der Waals surface area contributed by atoms with Crippen LogP contribution in [0, 0.1) is 0 Å². The van der Waals surface area contributed by atoms with Crippen molar-refractivity contribution in [2.75, 3.05) is 0 Å². The van der Waals surface area contributed by atoms with Gasteiger partial charge in [-0.05, 0) is 11.6 Å². The Hall–Kier alpha value is -2.35. The number of carbonyl (C=O) groups is 1. The monoisotopic (exact) mass is 250 g/mol. The van der Waals surface area contributed by atoms with Crippen LogP contribution < -0.4 is 0 Å². The fourth-order valence-electron chi connectivity index (χ4n) is 2.21. The number of hydrogen-bond acceptors (Lipinski definition) is 2. The van der Waals surface area contributed by atoms with Crippen molar-refractivity contribution < 1.29 is 9.53 Å². The van der Waals surface area contributed by atoms with Crippen molar-refractivity contribution in [3.8, 4) is 0 Å². The Bertz CT molecular complexity index is 589. The fraction of sp³-hybridized carbons (Fsp3) is 0.118. The minimum Gasteiger partial charge on any atom is -0.493 e. The molecule has 3 rings (SSSR count). The van der Waals surface area contributed by atoms with Crippen molar-refractivity contribution in [1.82, 2.24) is 0 Å². The quantitative estimate of drug-likeness (QED) is 0.772. The molecule has 0 saturated carbocycles. The third-order valence-electron chi connectivity index (χ3n) is 3.27. The summed E-state index contributed by atoms with van der Waals surface area (Å²) in [5.41, 5.74) is 2.53. The maximum Gasteiger partial charge on any atom is 0.193 e. The summed E-state index contributed by atoms with van der Waals surface area (Å²) in [4.78, 5) is 12.2. The van der Waals surface area contributed by atoms with E-state index in [-0.39, 0.29) is 11.9 Å². The van der Waals surface area contributed by atoms with Gasteiger partial charge in [0.1, 0.15) is 6.10 Å². The second-order valence-electron chi connectivity index (χ2n) is 4.55. The fourth-order valence-corrected chi connectivity index (χ4v) is 2.21. The average molecular weight is 250 g/mol. The average Bonchev–Trinajstić information content (AvgIpc) is 3.02. The molecule has 0 amide bonds. The summed E-state index contributed by atoms with van der Waals surface area (Å²) in [6.07, 6.45) is 4.73. The Morgan fingerprint density at radius 2 is 1.63 bits per heavy atom. The zero-order chi connectivity index (χ0) is 13.1. The summed E-state index contributed by atoms with van der Waals surface area (Å²) < 4.78 is 5.46. The maximum absolute atomic E-state index is 12.2. The molecule has 0 spiro atoms. The maximum atomic E-state index is 12.2. The molecule has 94 valence electrons. The van der Waals surface area contributed by atoms with E-state index in [0.717, 1.165) is 12.0 Å². The van der Waals surface area contributed by atoms with Crippen LogP contribution in [0.25, 0.3) is 0 Å². The molecule has 0 aliphatic carbocycles. The molecule has 1 heterocycles. The molecular formula is C17H14O2. The Kier molecular flexibility index (Phi) is 3.15. The minimum absolute atomic E-state index is 0.0533. The summed E-state index contributed by atoms with van der Waals surface area (Å²) in [5, 5.41) is 0. The molecule has 2 aromatic rings. The van der Waals surface area contributed by atoms with Crippen LogP contribution in [0.3, 0.4) is 0 Å². The van der Waals surface area contributed by atoms with Gasteiger partial charge < -0.3 is 4.74 Å². The minimum atomic E-state index is 0.0533. The molecule has 2 heteroatoms. The number of carbonyl (C=O) groups excluding carboxylic acids is 1. The van der Waals surface area contributed by atoms with Crippen molar-refractivity contribution in [2.45, 2.75) is 12.5 Å². The number of hydrogen-bond donors (Lipinski definition) is 0. The Morgan fingerprint density at radius 3 is 2.26 bits per heavy atom. The van der Waals surface area contributed by atoms with Gasteiger partial charge in [0, 0.05) is 17.5 Å². The van der Waals surface area contributed by atoms with E-state index in [1.165, 1.54) is 0 Å². The predicted octanol–water partition coefficient (Wildman–Crippen LogP) is 3.89. The normalized spacial score (nSPS) is 17.2. The molecule has 1 unspecified atom stereocenters. The van der Waals surface area contributed by atoms with E-state index >= 15 is 0 Å². The Morgan fingerprint density at radius 1 is 0.947 bits per heavy atom. The van der Waals surface area contributed by atoms with Crippen molar-refractivity contribution in [1.29, 1.82) is 0 Å². The second-order valence-corrected chi connectivity index (χ2v) is 4.55. The highest BCUT2D eigenvalue weighted by Gasteiger charge is 2.15. The first-order valence-corrected chi connectivity index (χ1v) is 6.35. The lowest BCUT2D eigenvalue weighted by molar-refractivity contribution is 0.103. The lowest BCUT2D eigenvalue weighted by Crippen LogP contribution is -2.02. The van der Waals surface area contributed by atoms with Gasteiger partial charge in [-0.15, -0.1) is 0 Å². The van der Waals surface area contributed by atoms with Gasteiger partial charge in [0.05, 0.1) is 6.26 Å². The van der Waals surface area contributed by atoms with Gasteiger partial charge in [-0.2, -0.15) is 0 Å². The summed E-state index contributed by atoms with van der Waals surface area (Å²) in [6.45, 7) is 0. The van der Waals surface area contributed by atoms with Crippen LogP contribution in [0.4, 0.5) is 0 Å². The highest BCUT2D eigenvalue weighted by molar-refractivity contribution is 6.08. The standard InChI is InChI=1S/C17H14O2/c18-17(14-5-2-1-3-6-14)15-10-8-13(9-11-15)16-7-4-12-19-16/h1-6,8-12,16H,7H2. The first-order valence-electron chi connectivity index (χ1n) is 6.35. The number of benzene rings is 2. The van der Waals surface area contributed by atoms with Gasteiger partial charge in [0.2, 0.25) is 0 Å². The van der Waals surface area contributed by atoms with Gasteiger partial charge >= 0.3 is 0 Å². The molecule has 0 fully saturated rings. The second kappa shape index (κ2) is 5.11. The van der Waals surface area contributed by atoms with E-state index in [1.54, 1.807) is 6.26 Å². The molecule has 2 nitrogen and oxygen atoms in total. The van der Waals surface area contributed by atoms with E-state index in [2.05, 4.69) is 0 Å². The van der Waals surface area contributed by atoms with E-state index in [4.69, 9.17) is 4.74 Å². The first-order chi connectivity index (χ1) is 9.34. The van der Waals surface area contributed by atoms with Crippen LogP contribution in [-0.4, -0.2) is 5.78 Å². The molecule has 0 radical (unpaired) electrons. The van der Waals surface area contributed by atoms with E-state index in [9.17, 15) is 4.79 Å². The number of rotatable bonds is 3. The number of ether oxygens (including phenoxy) is 1. The van der Waals surface area contributed by atoms with Crippen molar-refractivity contribution in [3.05, 3.63) is 83.6 Å². The third kappa shape index (κ3) is 2.43. The van der Waals surface area contributed by atoms with Gasteiger partial charge in [-0.3, -0.25) is 4.79 Å². The molecule has 0 aromatic heterocycles. The van der Waals surface area contributed by atoms with Gasteiger partial charge in [0.25, 0.3) is 0 Å². The van der Waals surface area contributed by atoms with Gasteiger partial charge in [0.15, 0.2) is 5.78 Å². The Balaban J connectivity index is 1.81. The number of ketones is 1. The summed E-state index contributed by atoms with van der Waals surface area (Å²) in [7, 11) is 0. The topological polar surface area (TPSA) is 26.3 Å². The Labute approximate surface area is 112 Å². The van der Waals surface area contributed by atoms with Crippen molar-refractivity contribution in [3.63, 3.8) is 0 Å². The lowest BCUT2D eigenvalue weighted by Gasteiger charge is -2.10. The van der Waals surface area contributed by atoms with Gasteiger partial charge in [-0.25, -0.2) is 0 Å². The summed E-state index contributed by atoms with van der Waals surface area (Å²) in [5.74, 6) is 0.0533. The van der Waals surface area contributed by atoms with Crippen LogP contribution in [0.1, 0.15) is 34.0 Å². The van der Waals surface area contributed by atoms with Crippen molar-refractivity contribution in [2.24, 2.45) is 0 Å². The molecule has 2 aromatic carbocycles. The lowest BCUT2D eigenvalue weighted by atomic mass is 10.00. The van der Waals surface area contributed by atoms with Crippen LogP contribution in [0.2, 0.25) is 0 Å². The molecule has 0 bridgehead atoms. The third-order valence-corrected chi connectivity index (χ3v) is 3.27. The first kappa shape index (κ1) is 11.7. The largest absolute Gasteiger partial charge is 0.493 e. The highest BCUT2D eigenvalue weighted by Crippen LogP contribution is 2.26. The van der Waals surface area contributed by atoms with E-state index in [1.807, 2.05) is 60.7 Å². The van der Waals surface area contributed by atoms with E-state index < -0.39 is 0 Å². The van der Waals surface area contributed by atoms with Gasteiger partial charge in [-0.1, -0.05) is 54.6 Å². The van der Waals surface area contributed by atoms with Crippen LogP contribution in [0.15, 0.2) is 66.9 Å². The molecule has 0 N–H and O–H groups in total. The zero-order valence-electron chi connectivity index (χ0n) is 10.5. The highest BCUT2D eigenvalue weighted by atomic mass is 16.5. The molecule has 1 aliphatic heterocycles. The van der Waals surface area contributed by atoms with Crippen LogP contribution >= 0.6 is 0 Å².